The molecule has 0 aliphatic heterocycles. The number of sulfone groups is 1. The van der Waals surface area contributed by atoms with Gasteiger partial charge in [0.25, 0.3) is 15.7 Å². The first-order valence-corrected chi connectivity index (χ1v) is 10.1. The van der Waals surface area contributed by atoms with E-state index in [-0.39, 0.29) is 11.3 Å². The summed E-state index contributed by atoms with van der Waals surface area (Å²) in [5, 5.41) is 2.35. The summed E-state index contributed by atoms with van der Waals surface area (Å²) >= 11 is 0. The summed E-state index contributed by atoms with van der Waals surface area (Å²) in [7, 11) is -5.52. The van der Waals surface area contributed by atoms with Gasteiger partial charge in [0.05, 0.1) is 17.3 Å². The topological polar surface area (TPSA) is 80.0 Å². The molecule has 32 heavy (non-hydrogen) atoms. The largest absolute Gasteiger partial charge is 0.501 e. The van der Waals surface area contributed by atoms with Crippen molar-refractivity contribution in [2.75, 3.05) is 5.32 Å². The van der Waals surface area contributed by atoms with Crippen molar-refractivity contribution in [3.05, 3.63) is 78.2 Å². The molecule has 3 rings (SSSR count). The summed E-state index contributed by atoms with van der Waals surface area (Å²) in [5.41, 5.74) is -6.40. The third-order valence-corrected chi connectivity index (χ3v) is 5.66. The predicted molar refractivity (Wildman–Crippen MR) is 98.4 cm³/mol. The highest BCUT2D eigenvalue weighted by molar-refractivity contribution is 7.92. The molecule has 0 spiro atoms. The number of benzene rings is 1. The first kappa shape index (κ1) is 23.2. The van der Waals surface area contributed by atoms with Crippen molar-refractivity contribution < 1.29 is 44.1 Å². The van der Waals surface area contributed by atoms with Crippen molar-refractivity contribution in [3.8, 4) is 5.82 Å². The van der Waals surface area contributed by atoms with E-state index in [1.54, 1.807) is 0 Å². The highest BCUT2D eigenvalue weighted by Gasteiger charge is 2.46. The van der Waals surface area contributed by atoms with Crippen LogP contribution in [0.1, 0.15) is 15.9 Å². The number of nitrogens with zero attached hydrogens (tertiary/aromatic N) is 2. The van der Waals surface area contributed by atoms with Crippen LogP contribution in [0.5, 0.6) is 0 Å². The van der Waals surface area contributed by atoms with E-state index in [4.69, 9.17) is 0 Å². The maximum atomic E-state index is 13.1. The predicted octanol–water partition coefficient (Wildman–Crippen LogP) is 3.92. The van der Waals surface area contributed by atoms with Gasteiger partial charge in [-0.05, 0) is 53.5 Å². The van der Waals surface area contributed by atoms with Crippen molar-refractivity contribution in [1.82, 2.24) is 4.98 Å². The van der Waals surface area contributed by atoms with Gasteiger partial charge in [-0.25, -0.2) is 13.0 Å². The Morgan fingerprint density at radius 3 is 2.03 bits per heavy atom. The SMILES string of the molecule is O=C(Nc1ccc(S(=O)(=O)C(F)(F)F)cc1)c1cc[n+](-c2ncccc2C(F)(F)F)cc1. The molecule has 1 amide bonds. The number of hydrogen-bond acceptors (Lipinski definition) is 4. The summed E-state index contributed by atoms with van der Waals surface area (Å²) in [4.78, 5) is 15.0. The number of anilines is 1. The molecular weight excluding hydrogens is 464 g/mol. The fourth-order valence-corrected chi connectivity index (χ4v) is 3.36. The Kier molecular flexibility index (Phi) is 5.96. The van der Waals surface area contributed by atoms with Gasteiger partial charge >= 0.3 is 17.5 Å². The van der Waals surface area contributed by atoms with Crippen LogP contribution in [0.4, 0.5) is 32.0 Å². The zero-order valence-electron chi connectivity index (χ0n) is 15.6. The molecular formula is C19H12F6N3O3S+. The van der Waals surface area contributed by atoms with E-state index in [0.29, 0.717) is 12.1 Å². The van der Waals surface area contributed by atoms with Crippen molar-refractivity contribution in [2.45, 2.75) is 16.6 Å². The number of amides is 1. The normalized spacial score (nSPS) is 12.4. The maximum absolute atomic E-state index is 13.1. The second-order valence-electron chi connectivity index (χ2n) is 6.29. The van der Waals surface area contributed by atoms with E-state index in [2.05, 4.69) is 10.3 Å². The lowest BCUT2D eigenvalue weighted by molar-refractivity contribution is -0.601. The van der Waals surface area contributed by atoms with Gasteiger partial charge in [-0.1, -0.05) is 0 Å². The molecule has 0 aliphatic rings. The van der Waals surface area contributed by atoms with Gasteiger partial charge in [0.15, 0.2) is 0 Å². The number of nitrogens with one attached hydrogen (secondary N) is 1. The second kappa shape index (κ2) is 8.22. The summed E-state index contributed by atoms with van der Waals surface area (Å²) in [6, 6.07) is 7.76. The first-order chi connectivity index (χ1) is 14.8. The lowest BCUT2D eigenvalue weighted by atomic mass is 10.2. The third-order valence-electron chi connectivity index (χ3n) is 4.16. The fraction of sp³-hybridized carbons (Fsp3) is 0.105. The molecule has 0 unspecified atom stereocenters. The van der Waals surface area contributed by atoms with Crippen molar-refractivity contribution >= 4 is 21.4 Å². The Bertz CT molecular complexity index is 1240. The summed E-state index contributed by atoms with van der Waals surface area (Å²) in [6.45, 7) is 0. The lowest BCUT2D eigenvalue weighted by Crippen LogP contribution is -2.34. The number of aromatic nitrogens is 2. The molecule has 1 N–H and O–H groups in total. The molecule has 2 heterocycles. The van der Waals surface area contributed by atoms with Gasteiger partial charge in [0.2, 0.25) is 0 Å². The summed E-state index contributed by atoms with van der Waals surface area (Å²) in [5.74, 6) is -1.12. The molecule has 2 aromatic heterocycles. The van der Waals surface area contributed by atoms with Crippen LogP contribution < -0.4 is 9.88 Å². The molecule has 6 nitrogen and oxygen atoms in total. The van der Waals surface area contributed by atoms with Gasteiger partial charge in [-0.15, -0.1) is 0 Å². The number of halogens is 6. The van der Waals surface area contributed by atoms with Crippen molar-refractivity contribution in [2.24, 2.45) is 0 Å². The molecule has 0 aliphatic carbocycles. The number of carbonyl (C=O) groups excluding carboxylic acids is 1. The number of carbonyl (C=O) groups is 1. The highest BCUT2D eigenvalue weighted by atomic mass is 32.2. The molecule has 0 bridgehead atoms. The van der Waals surface area contributed by atoms with E-state index in [9.17, 15) is 39.6 Å². The van der Waals surface area contributed by atoms with E-state index < -0.39 is 43.7 Å². The Balaban J connectivity index is 1.78. The summed E-state index contributed by atoms with van der Waals surface area (Å²) in [6.07, 6.45) is -1.09. The molecule has 0 saturated heterocycles. The van der Waals surface area contributed by atoms with Gasteiger partial charge in [0, 0.05) is 11.3 Å². The minimum absolute atomic E-state index is 0.0111. The Labute approximate surface area is 177 Å². The quantitative estimate of drug-likeness (QED) is 0.457. The fourth-order valence-electron chi connectivity index (χ4n) is 2.60. The molecule has 0 saturated carbocycles. The van der Waals surface area contributed by atoms with Crippen LogP contribution in [0.15, 0.2) is 72.0 Å². The molecule has 0 radical (unpaired) electrons. The average Bonchev–Trinajstić information content (AvgIpc) is 2.73. The molecule has 168 valence electrons. The van der Waals surface area contributed by atoms with Gasteiger partial charge in [-0.2, -0.15) is 26.3 Å². The monoisotopic (exact) mass is 476 g/mol. The van der Waals surface area contributed by atoms with Crippen molar-refractivity contribution in [3.63, 3.8) is 0 Å². The van der Waals surface area contributed by atoms with E-state index >= 15 is 0 Å². The van der Waals surface area contributed by atoms with Crippen LogP contribution in [0.3, 0.4) is 0 Å². The van der Waals surface area contributed by atoms with Gasteiger partial charge in [0.1, 0.15) is 11.8 Å². The number of hydrogen-bond donors (Lipinski definition) is 1. The Morgan fingerprint density at radius 1 is 0.906 bits per heavy atom. The number of pyridine rings is 2. The molecule has 3 aromatic rings. The van der Waals surface area contributed by atoms with E-state index in [1.165, 1.54) is 30.7 Å². The molecule has 0 atom stereocenters. The Morgan fingerprint density at radius 2 is 1.50 bits per heavy atom. The second-order valence-corrected chi connectivity index (χ2v) is 8.24. The maximum Gasteiger partial charge on any atom is 0.501 e. The zero-order valence-corrected chi connectivity index (χ0v) is 16.5. The van der Waals surface area contributed by atoms with Gasteiger partial charge in [-0.3, -0.25) is 4.79 Å². The highest BCUT2D eigenvalue weighted by Crippen LogP contribution is 2.31. The third kappa shape index (κ3) is 4.72. The van der Waals surface area contributed by atoms with Crippen LogP contribution in [-0.2, 0) is 16.0 Å². The van der Waals surface area contributed by atoms with Crippen LogP contribution in [-0.4, -0.2) is 24.8 Å². The average molecular weight is 476 g/mol. The van der Waals surface area contributed by atoms with E-state index in [1.807, 2.05) is 0 Å². The lowest BCUT2D eigenvalue weighted by Gasteiger charge is -2.10. The van der Waals surface area contributed by atoms with Crippen molar-refractivity contribution in [1.29, 1.82) is 0 Å². The zero-order chi connectivity index (χ0) is 23.7. The van der Waals surface area contributed by atoms with Crippen LogP contribution >= 0.6 is 0 Å². The Hall–Kier alpha value is -3.48. The smallest absolute Gasteiger partial charge is 0.322 e. The van der Waals surface area contributed by atoms with E-state index in [0.717, 1.165) is 28.8 Å². The van der Waals surface area contributed by atoms with Crippen LogP contribution in [0.2, 0.25) is 0 Å². The molecule has 1 aromatic carbocycles. The first-order valence-electron chi connectivity index (χ1n) is 8.57. The number of alkyl halides is 6. The minimum atomic E-state index is -5.52. The van der Waals surface area contributed by atoms with Crippen LogP contribution in [0.25, 0.3) is 5.82 Å². The standard InChI is InChI=1S/C19H11F6N3O3S/c20-18(21,22)15-2-1-9-26-16(15)28-10-7-12(8-11-28)17(29)27-13-3-5-14(6-4-13)32(30,31)19(23,24)25/h1-11H/p+1. The van der Waals surface area contributed by atoms with Gasteiger partial charge < -0.3 is 5.32 Å². The van der Waals surface area contributed by atoms with Crippen LogP contribution in [0, 0.1) is 0 Å². The minimum Gasteiger partial charge on any atom is -0.322 e. The summed E-state index contributed by atoms with van der Waals surface area (Å²) < 4.78 is 101. The number of rotatable bonds is 4. The molecule has 13 heteroatoms. The molecule has 0 fully saturated rings.